The number of benzene rings is 1. The first kappa shape index (κ1) is 93.2. The number of amides is 12. The van der Waals surface area contributed by atoms with Gasteiger partial charge in [0.1, 0.15) is 66.5 Å². The van der Waals surface area contributed by atoms with E-state index in [0.29, 0.717) is 48.7 Å². The first-order valence-corrected chi connectivity index (χ1v) is 37.1. The van der Waals surface area contributed by atoms with Crippen molar-refractivity contribution >= 4 is 99.7 Å². The summed E-state index contributed by atoms with van der Waals surface area (Å²) in [6.45, 7) is 22.7. The Labute approximate surface area is 628 Å². The van der Waals surface area contributed by atoms with E-state index in [-0.39, 0.29) is 107 Å². The van der Waals surface area contributed by atoms with Gasteiger partial charge in [0.2, 0.25) is 70.9 Å². The number of H-pyrrole nitrogens is 1. The smallest absolute Gasteiger partial charge is 0.243 e. The number of para-hydroxylation sites is 1. The zero-order chi connectivity index (χ0) is 80.9. The minimum absolute atomic E-state index is 0.0117. The van der Waals surface area contributed by atoms with E-state index in [1.807, 2.05) is 32.9 Å². The van der Waals surface area contributed by atoms with E-state index in [0.717, 1.165) is 0 Å². The Kier molecular flexibility index (Phi) is 41.5. The van der Waals surface area contributed by atoms with Crippen molar-refractivity contribution in [3.8, 4) is 0 Å². The lowest BCUT2D eigenvalue weighted by Crippen LogP contribution is -2.62. The van der Waals surface area contributed by atoms with Crippen molar-refractivity contribution in [1.29, 1.82) is 0 Å². The van der Waals surface area contributed by atoms with Crippen molar-refractivity contribution < 1.29 is 57.5 Å². The van der Waals surface area contributed by atoms with Crippen molar-refractivity contribution in [2.45, 2.75) is 246 Å². The second kappa shape index (κ2) is 47.6. The second-order valence-electron chi connectivity index (χ2n) is 28.8. The van der Waals surface area contributed by atoms with Crippen LogP contribution in [0, 0.1) is 35.5 Å². The van der Waals surface area contributed by atoms with Gasteiger partial charge in [-0.15, -0.1) is 0 Å². The number of hydrogen-bond donors (Lipinski definition) is 21. The van der Waals surface area contributed by atoms with Crippen molar-refractivity contribution in [1.82, 2.24) is 63.5 Å². The summed E-state index contributed by atoms with van der Waals surface area (Å²) in [7, 11) is 0. The van der Waals surface area contributed by atoms with Gasteiger partial charge >= 0.3 is 0 Å². The molecule has 1 aromatic heterocycles. The number of primary amides is 1. The fourth-order valence-corrected chi connectivity index (χ4v) is 11.3. The quantitative estimate of drug-likeness (QED) is 0.0182. The third-order valence-electron chi connectivity index (χ3n) is 18.3. The molecule has 0 radical (unpaired) electrons. The number of fused-ring (bicyclic) bond motifs is 1. The number of nitrogens with one attached hydrogen (secondary N) is 12. The summed E-state index contributed by atoms with van der Waals surface area (Å²) >= 11 is 0. The molecule has 2 rings (SSSR count). The normalized spacial score (nSPS) is 15.3. The lowest BCUT2D eigenvalue weighted by atomic mass is 9.95. The zero-order valence-electron chi connectivity index (χ0n) is 64.7. The maximum atomic E-state index is 14.9. The summed E-state index contributed by atoms with van der Waals surface area (Å²) in [5.41, 5.74) is 52.2. The molecule has 0 aliphatic carbocycles. The lowest BCUT2D eigenvalue weighted by Gasteiger charge is -2.31. The third-order valence-corrected chi connectivity index (χ3v) is 18.3. The monoisotopic (exact) mass is 1510 g/mol. The van der Waals surface area contributed by atoms with E-state index in [1.165, 1.54) is 6.92 Å². The molecule has 0 saturated heterocycles. The van der Waals surface area contributed by atoms with Gasteiger partial charge in [-0.1, -0.05) is 114 Å². The Balaban J connectivity index is 2.52. The van der Waals surface area contributed by atoms with E-state index in [9.17, 15) is 57.5 Å². The number of aromatic nitrogens is 1. The van der Waals surface area contributed by atoms with Gasteiger partial charge in [-0.25, -0.2) is 0 Å². The van der Waals surface area contributed by atoms with Crippen LogP contribution in [0.1, 0.15) is 173 Å². The fourth-order valence-electron chi connectivity index (χ4n) is 11.3. The summed E-state index contributed by atoms with van der Waals surface area (Å²) < 4.78 is 0. The molecule has 1 heterocycles. The summed E-state index contributed by atoms with van der Waals surface area (Å²) in [6.07, 6.45) is 4.06. The van der Waals surface area contributed by atoms with Gasteiger partial charge in [0.15, 0.2) is 17.9 Å². The van der Waals surface area contributed by atoms with Crippen molar-refractivity contribution in [2.75, 3.05) is 26.2 Å². The summed E-state index contributed by atoms with van der Waals surface area (Å²) in [5.74, 6) is -12.5. The van der Waals surface area contributed by atoms with Gasteiger partial charge in [0.05, 0.1) is 6.04 Å². The van der Waals surface area contributed by atoms with Crippen LogP contribution in [0.25, 0.3) is 10.9 Å². The number of rotatable bonds is 50. The van der Waals surface area contributed by atoms with Gasteiger partial charge in [0.25, 0.3) is 0 Å². The molecular weight excluding hydrogens is 1380 g/mol. The SMILES string of the molecule is CC[C@H](C)[C@H](NC(=O)[C@H](CCCN=C(N)N)NC(=O)[C@@H](NC(=O)[C@H](C)NC(=O)[C@@H](NC(=O)[C@@H](NC(=O)[C@H](CC(C)C)NC(=O)[C@H](CCCCN)NC(=O)[C@@H](N)C(C)C)[C@@H](C)CC)C(C)C)C(C)C)C(=O)N[C@@H](Cc1c[nH]c2ccccc12)C(=O)N[C@@H](CCCN=C(N)N)C(=O)N[C@@H](CCCN=C(N)N)C(N)=O. The number of nitrogens with two attached hydrogens (primary N) is 9. The highest BCUT2D eigenvalue weighted by Gasteiger charge is 2.39. The first-order chi connectivity index (χ1) is 50.3. The molecule has 0 aliphatic rings. The van der Waals surface area contributed by atoms with Crippen LogP contribution in [0.2, 0.25) is 0 Å². The number of aromatic amines is 1. The maximum absolute atomic E-state index is 14.9. The molecule has 107 heavy (non-hydrogen) atoms. The molecule has 36 heteroatoms. The van der Waals surface area contributed by atoms with Gasteiger partial charge in [0, 0.05) is 43.2 Å². The number of nitrogens with zero attached hydrogens (tertiary/aromatic N) is 3. The zero-order valence-corrected chi connectivity index (χ0v) is 64.7. The Hall–Kier alpha value is -9.87. The number of guanidine groups is 3. The first-order valence-electron chi connectivity index (χ1n) is 37.1. The highest BCUT2D eigenvalue weighted by molar-refractivity contribution is 6.00. The molecule has 12 amide bonds. The molecule has 36 nitrogen and oxygen atoms in total. The Morgan fingerprint density at radius 2 is 0.766 bits per heavy atom. The average Bonchev–Trinajstić information content (AvgIpc) is 1.74. The molecule has 1 aromatic carbocycles. The van der Waals surface area contributed by atoms with Crippen LogP contribution in [0.3, 0.4) is 0 Å². The molecule has 2 aromatic rings. The summed E-state index contributed by atoms with van der Waals surface area (Å²) in [6, 6.07) is -7.85. The summed E-state index contributed by atoms with van der Waals surface area (Å²) in [5, 5.41) is 30.8. The number of carbonyl (C=O) groups excluding carboxylic acids is 12. The van der Waals surface area contributed by atoms with Crippen LogP contribution >= 0.6 is 0 Å². The van der Waals surface area contributed by atoms with Gasteiger partial charge in [-0.05, 0) is 125 Å². The highest BCUT2D eigenvalue weighted by Crippen LogP contribution is 2.21. The minimum Gasteiger partial charge on any atom is -0.370 e. The van der Waals surface area contributed by atoms with E-state index in [2.05, 4.69) is 78.4 Å². The van der Waals surface area contributed by atoms with Gasteiger partial charge < -0.3 is 115 Å². The fraction of sp³-hybridized carbons (Fsp3) is 0.676. The van der Waals surface area contributed by atoms with Crippen LogP contribution in [0.15, 0.2) is 45.4 Å². The molecule has 0 aliphatic heterocycles. The Morgan fingerprint density at radius 3 is 1.21 bits per heavy atom. The minimum atomic E-state index is -1.44. The molecule has 14 atom stereocenters. The van der Waals surface area contributed by atoms with Gasteiger partial charge in [-0.3, -0.25) is 72.5 Å². The van der Waals surface area contributed by atoms with Gasteiger partial charge in [-0.2, -0.15) is 0 Å². The predicted octanol–water partition coefficient (Wildman–Crippen LogP) is -2.73. The second-order valence-corrected chi connectivity index (χ2v) is 28.8. The Bertz CT molecular complexity index is 3330. The number of carbonyl (C=O) groups is 12. The lowest BCUT2D eigenvalue weighted by molar-refractivity contribution is -0.137. The number of unbranched alkanes of at least 4 members (excludes halogenated alkanes) is 1. The topological polar surface area (TPSA) is 624 Å². The summed E-state index contributed by atoms with van der Waals surface area (Å²) in [4.78, 5) is 185. The molecule has 0 saturated carbocycles. The van der Waals surface area contributed by atoms with E-state index in [4.69, 9.17) is 51.6 Å². The standard InChI is InChI=1S/C71H126N24O12/c1-14-40(11)55(67(106)91-51(34-43-35-84-45-24-17-16-23-44(43)45)62(101)87-48(27-21-31-82-70(77)78)59(98)86-46(57(74)96)26-20-30-81-69(75)76)94-61(100)49(28-22-32-83-71(79)80)89-66(105)54(39(9)10)92-58(97)42(13)85-65(104)53(38(7)8)93-68(107)56(41(12)15-2)95-63(102)50(33-36(3)4)90-60(99)47(25-18-19-29-72)88-64(103)52(73)37(5)6/h16-17,23-24,35-42,46-56,84H,14-15,18-22,25-34,72-73H2,1-13H3,(H2,74,96)(H,85,104)(H,86,98)(H,87,101)(H,88,103)(H,89,105)(H,90,99)(H,91,106)(H,92,97)(H,93,107)(H,94,100)(H,95,102)(H4,75,76,81)(H4,77,78,82)(H4,79,80,83)/t40-,41-,42-,46-,47-,48-,49-,50-,51-,52-,53-,54-,55-,56-/m0/s1. The van der Waals surface area contributed by atoms with E-state index >= 15 is 0 Å². The molecular formula is C71H126N24O12. The van der Waals surface area contributed by atoms with Crippen LogP contribution in [-0.2, 0) is 64.0 Å². The largest absolute Gasteiger partial charge is 0.370 e. The average molecular weight is 1510 g/mol. The van der Waals surface area contributed by atoms with Crippen LogP contribution < -0.4 is 110 Å². The molecule has 30 N–H and O–H groups in total. The predicted molar refractivity (Wildman–Crippen MR) is 412 cm³/mol. The van der Waals surface area contributed by atoms with Crippen molar-refractivity contribution in [2.24, 2.45) is 102 Å². The van der Waals surface area contributed by atoms with Crippen LogP contribution in [0.5, 0.6) is 0 Å². The van der Waals surface area contributed by atoms with Crippen molar-refractivity contribution in [3.05, 3.63) is 36.0 Å². The maximum Gasteiger partial charge on any atom is 0.243 e. The van der Waals surface area contributed by atoms with Crippen LogP contribution in [-0.4, -0.2) is 192 Å². The van der Waals surface area contributed by atoms with Crippen LogP contribution in [0.4, 0.5) is 0 Å². The third kappa shape index (κ3) is 33.2. The number of hydrogen-bond acceptors (Lipinski definition) is 17. The Morgan fingerprint density at radius 1 is 0.402 bits per heavy atom. The van der Waals surface area contributed by atoms with E-state index < -0.39 is 167 Å². The molecule has 0 fully saturated rings. The highest BCUT2D eigenvalue weighted by atomic mass is 16.2. The molecule has 0 bridgehead atoms. The number of aliphatic imine (C=N–C) groups is 3. The molecule has 0 unspecified atom stereocenters. The van der Waals surface area contributed by atoms with E-state index in [1.54, 1.807) is 80.6 Å². The molecule has 0 spiro atoms. The van der Waals surface area contributed by atoms with Crippen molar-refractivity contribution in [3.63, 3.8) is 0 Å². The molecule has 602 valence electrons.